The summed E-state index contributed by atoms with van der Waals surface area (Å²) in [6.45, 7) is 2.08. The average Bonchev–Trinajstić information content (AvgIpc) is 2.37. The van der Waals surface area contributed by atoms with Gasteiger partial charge in [-0.25, -0.2) is 4.39 Å². The van der Waals surface area contributed by atoms with Crippen molar-refractivity contribution in [3.63, 3.8) is 0 Å². The fourth-order valence-electron chi connectivity index (χ4n) is 1.71. The lowest BCUT2D eigenvalue weighted by Crippen LogP contribution is -2.06. The molecule has 0 aliphatic heterocycles. The van der Waals surface area contributed by atoms with Crippen LogP contribution in [0.1, 0.15) is 24.1 Å². The van der Waals surface area contributed by atoms with E-state index in [4.69, 9.17) is 22.1 Å². The number of hydrogen-bond acceptors (Lipinski definition) is 2. The molecule has 0 amide bonds. The second-order valence-electron chi connectivity index (χ2n) is 4.40. The number of halogens is 2. The smallest absolute Gasteiger partial charge is 0.165 e. The number of hydrogen-bond donors (Lipinski definition) is 1. The van der Waals surface area contributed by atoms with Crippen molar-refractivity contribution in [1.82, 2.24) is 0 Å². The van der Waals surface area contributed by atoms with Gasteiger partial charge in [0.05, 0.1) is 0 Å². The largest absolute Gasteiger partial charge is 0.486 e. The molecule has 0 saturated carbocycles. The molecule has 0 bridgehead atoms. The second-order valence-corrected chi connectivity index (χ2v) is 4.83. The third-order valence-corrected chi connectivity index (χ3v) is 3.00. The molecule has 0 heterocycles. The van der Waals surface area contributed by atoms with Crippen LogP contribution in [0.5, 0.6) is 5.75 Å². The Morgan fingerprint density at radius 1 is 1.26 bits per heavy atom. The van der Waals surface area contributed by atoms with Gasteiger partial charge in [-0.05, 0) is 42.3 Å². The number of nitrogens with two attached hydrogens (primary N) is 1. The number of benzene rings is 2. The van der Waals surface area contributed by atoms with E-state index in [2.05, 4.69) is 0 Å². The summed E-state index contributed by atoms with van der Waals surface area (Å²) in [6.07, 6.45) is 0. The van der Waals surface area contributed by atoms with E-state index in [1.165, 1.54) is 6.07 Å². The zero-order valence-corrected chi connectivity index (χ0v) is 11.3. The fraction of sp³-hybridized carbons (Fsp3) is 0.200. The molecule has 2 aromatic carbocycles. The first-order chi connectivity index (χ1) is 9.06. The van der Waals surface area contributed by atoms with Crippen molar-refractivity contribution in [3.8, 4) is 5.75 Å². The Morgan fingerprint density at radius 2 is 2.05 bits per heavy atom. The molecule has 0 unspecified atom stereocenters. The molecule has 0 aromatic heterocycles. The molecule has 2 N–H and O–H groups in total. The van der Waals surface area contributed by atoms with Crippen molar-refractivity contribution in [2.75, 3.05) is 0 Å². The molecule has 0 spiro atoms. The van der Waals surface area contributed by atoms with Crippen LogP contribution in [0.2, 0.25) is 5.02 Å². The Balaban J connectivity index is 2.07. The Bertz CT molecular complexity index is 572. The molecule has 100 valence electrons. The highest BCUT2D eigenvalue weighted by molar-refractivity contribution is 6.30. The van der Waals surface area contributed by atoms with E-state index in [1.807, 2.05) is 12.1 Å². The summed E-state index contributed by atoms with van der Waals surface area (Å²) >= 11 is 5.87. The van der Waals surface area contributed by atoms with Crippen LogP contribution >= 0.6 is 11.6 Å². The molecule has 0 aliphatic rings. The van der Waals surface area contributed by atoms with E-state index < -0.39 is 5.82 Å². The average molecular weight is 280 g/mol. The van der Waals surface area contributed by atoms with Crippen LogP contribution < -0.4 is 10.5 Å². The minimum Gasteiger partial charge on any atom is -0.486 e. The minimum atomic E-state index is -0.406. The van der Waals surface area contributed by atoms with Gasteiger partial charge in [0.2, 0.25) is 0 Å². The van der Waals surface area contributed by atoms with Crippen molar-refractivity contribution in [1.29, 1.82) is 0 Å². The first kappa shape index (κ1) is 13.8. The maximum Gasteiger partial charge on any atom is 0.165 e. The zero-order valence-electron chi connectivity index (χ0n) is 10.6. The first-order valence-corrected chi connectivity index (χ1v) is 6.36. The van der Waals surface area contributed by atoms with E-state index in [1.54, 1.807) is 31.2 Å². The van der Waals surface area contributed by atoms with Crippen LogP contribution in [0.25, 0.3) is 0 Å². The van der Waals surface area contributed by atoms with Crippen LogP contribution in [-0.2, 0) is 6.61 Å². The molecule has 4 heteroatoms. The first-order valence-electron chi connectivity index (χ1n) is 5.98. The van der Waals surface area contributed by atoms with Gasteiger partial charge in [-0.1, -0.05) is 29.8 Å². The maximum atomic E-state index is 13.8. The number of rotatable bonds is 4. The van der Waals surface area contributed by atoms with Gasteiger partial charge in [-0.15, -0.1) is 0 Å². The second kappa shape index (κ2) is 6.04. The zero-order chi connectivity index (χ0) is 13.8. The van der Waals surface area contributed by atoms with Crippen molar-refractivity contribution in [2.45, 2.75) is 19.6 Å². The van der Waals surface area contributed by atoms with Gasteiger partial charge in [-0.3, -0.25) is 0 Å². The lowest BCUT2D eigenvalue weighted by Gasteiger charge is -2.10. The molecular formula is C15H15ClFNO. The van der Waals surface area contributed by atoms with Crippen molar-refractivity contribution < 1.29 is 9.13 Å². The van der Waals surface area contributed by atoms with Crippen LogP contribution in [0.4, 0.5) is 4.39 Å². The Morgan fingerprint density at radius 3 is 2.68 bits per heavy atom. The third kappa shape index (κ3) is 3.69. The van der Waals surface area contributed by atoms with Gasteiger partial charge >= 0.3 is 0 Å². The maximum absolute atomic E-state index is 13.8. The molecule has 19 heavy (non-hydrogen) atoms. The van der Waals surface area contributed by atoms with Crippen molar-refractivity contribution in [3.05, 3.63) is 64.4 Å². The van der Waals surface area contributed by atoms with Gasteiger partial charge in [0.1, 0.15) is 6.61 Å². The van der Waals surface area contributed by atoms with Gasteiger partial charge in [0.15, 0.2) is 11.6 Å². The van der Waals surface area contributed by atoms with E-state index in [-0.39, 0.29) is 18.4 Å². The Hall–Kier alpha value is -1.58. The van der Waals surface area contributed by atoms with Crippen LogP contribution in [0.15, 0.2) is 42.5 Å². The van der Waals surface area contributed by atoms with E-state index in [0.29, 0.717) is 5.02 Å². The topological polar surface area (TPSA) is 35.2 Å². The minimum absolute atomic E-state index is 0.198. The molecule has 0 aliphatic carbocycles. The lowest BCUT2D eigenvalue weighted by atomic mass is 10.1. The molecule has 2 aromatic rings. The fourth-order valence-corrected chi connectivity index (χ4v) is 1.92. The van der Waals surface area contributed by atoms with E-state index in [9.17, 15) is 4.39 Å². The normalized spacial score (nSPS) is 12.2. The van der Waals surface area contributed by atoms with Crippen LogP contribution in [0.3, 0.4) is 0 Å². The predicted octanol–water partition coefficient (Wildman–Crippen LogP) is 4.08. The van der Waals surface area contributed by atoms with Crippen LogP contribution in [0, 0.1) is 5.82 Å². The SMILES string of the molecule is C[C@H](N)c1ccc(OCc2cccc(Cl)c2)c(F)c1. The van der Waals surface area contributed by atoms with Crippen LogP contribution in [-0.4, -0.2) is 0 Å². The molecule has 2 nitrogen and oxygen atoms in total. The quantitative estimate of drug-likeness (QED) is 0.915. The molecule has 1 atom stereocenters. The summed E-state index contributed by atoms with van der Waals surface area (Å²) in [5, 5.41) is 0.633. The van der Waals surface area contributed by atoms with E-state index in [0.717, 1.165) is 11.1 Å². The Labute approximate surface area is 117 Å². The summed E-state index contributed by atoms with van der Waals surface area (Å²) in [4.78, 5) is 0. The summed E-state index contributed by atoms with van der Waals surface area (Å²) in [6, 6.07) is 11.8. The highest BCUT2D eigenvalue weighted by Crippen LogP contribution is 2.22. The van der Waals surface area contributed by atoms with Crippen molar-refractivity contribution in [2.24, 2.45) is 5.73 Å². The van der Waals surface area contributed by atoms with Gasteiger partial charge in [-0.2, -0.15) is 0 Å². The molecule has 0 fully saturated rings. The van der Waals surface area contributed by atoms with Gasteiger partial charge < -0.3 is 10.5 Å². The van der Waals surface area contributed by atoms with Crippen molar-refractivity contribution >= 4 is 11.6 Å². The predicted molar refractivity (Wildman–Crippen MR) is 74.8 cm³/mol. The Kier molecular flexibility index (Phi) is 4.40. The summed E-state index contributed by atoms with van der Waals surface area (Å²) in [7, 11) is 0. The molecule has 0 radical (unpaired) electrons. The molecule has 0 saturated heterocycles. The summed E-state index contributed by atoms with van der Waals surface area (Å²) in [5.41, 5.74) is 7.33. The number of ether oxygens (including phenoxy) is 1. The highest BCUT2D eigenvalue weighted by atomic mass is 35.5. The van der Waals surface area contributed by atoms with E-state index >= 15 is 0 Å². The summed E-state index contributed by atoms with van der Waals surface area (Å²) in [5.74, 6) is -0.193. The molecular weight excluding hydrogens is 265 g/mol. The monoisotopic (exact) mass is 279 g/mol. The third-order valence-electron chi connectivity index (χ3n) is 2.77. The highest BCUT2D eigenvalue weighted by Gasteiger charge is 2.07. The van der Waals surface area contributed by atoms with Gasteiger partial charge in [0.25, 0.3) is 0 Å². The standard InChI is InChI=1S/C15H15ClFNO/c1-10(18)12-5-6-15(14(17)8-12)19-9-11-3-2-4-13(16)7-11/h2-8,10H,9,18H2,1H3/t10-/m0/s1. The summed E-state index contributed by atoms with van der Waals surface area (Å²) < 4.78 is 19.2. The molecule has 2 rings (SSSR count). The lowest BCUT2D eigenvalue weighted by molar-refractivity contribution is 0.290. The van der Waals surface area contributed by atoms with Gasteiger partial charge in [0, 0.05) is 11.1 Å².